The van der Waals surface area contributed by atoms with Gasteiger partial charge in [0.2, 0.25) is 5.95 Å². The summed E-state index contributed by atoms with van der Waals surface area (Å²) in [5.41, 5.74) is 0.996. The Morgan fingerprint density at radius 3 is 2.94 bits per heavy atom. The second-order valence-corrected chi connectivity index (χ2v) is 3.68. The summed E-state index contributed by atoms with van der Waals surface area (Å²) in [5, 5.41) is 0. The van der Waals surface area contributed by atoms with Gasteiger partial charge in [0.05, 0.1) is 24.4 Å². The van der Waals surface area contributed by atoms with E-state index in [1.807, 2.05) is 4.57 Å². The summed E-state index contributed by atoms with van der Waals surface area (Å²) in [7, 11) is 0. The van der Waals surface area contributed by atoms with Gasteiger partial charge in [0.1, 0.15) is 12.4 Å². The zero-order valence-corrected chi connectivity index (χ0v) is 9.64. The quantitative estimate of drug-likeness (QED) is 0.747. The molecule has 0 radical (unpaired) electrons. The third kappa shape index (κ3) is 3.03. The lowest BCUT2D eigenvalue weighted by atomic mass is 10.4. The fourth-order valence-electron chi connectivity index (χ4n) is 1.52. The summed E-state index contributed by atoms with van der Waals surface area (Å²) in [6.45, 7) is 3.43. The van der Waals surface area contributed by atoms with Gasteiger partial charge in [-0.3, -0.25) is 0 Å². The van der Waals surface area contributed by atoms with Crippen LogP contribution < -0.4 is 4.74 Å². The Morgan fingerprint density at radius 1 is 1.35 bits per heavy atom. The van der Waals surface area contributed by atoms with Gasteiger partial charge >= 0.3 is 0 Å². The van der Waals surface area contributed by atoms with Crippen molar-refractivity contribution in [2.45, 2.75) is 26.5 Å². The highest BCUT2D eigenvalue weighted by molar-refractivity contribution is 5.16. The fraction of sp³-hybridized carbons (Fsp3) is 0.333. The molecule has 0 fully saturated rings. The molecule has 0 saturated carbocycles. The maximum absolute atomic E-state index is 12.6. The minimum atomic E-state index is -0.506. The van der Waals surface area contributed by atoms with Gasteiger partial charge in [0, 0.05) is 6.54 Å². The highest BCUT2D eigenvalue weighted by atomic mass is 19.1. The van der Waals surface area contributed by atoms with Crippen molar-refractivity contribution < 1.29 is 9.13 Å². The molecular weight excluding hydrogens is 221 g/mol. The molecule has 0 saturated heterocycles. The maximum Gasteiger partial charge on any atom is 0.213 e. The molecule has 0 aromatic carbocycles. The molecule has 0 atom stereocenters. The molecule has 4 nitrogen and oxygen atoms in total. The van der Waals surface area contributed by atoms with E-state index in [0.29, 0.717) is 12.4 Å². The normalized spacial score (nSPS) is 10.5. The van der Waals surface area contributed by atoms with E-state index < -0.39 is 5.95 Å². The van der Waals surface area contributed by atoms with E-state index in [9.17, 15) is 4.39 Å². The Morgan fingerprint density at radius 2 is 2.24 bits per heavy atom. The van der Waals surface area contributed by atoms with Crippen molar-refractivity contribution in [2.24, 2.45) is 0 Å². The summed E-state index contributed by atoms with van der Waals surface area (Å²) in [5.74, 6) is 0.0454. The smallest absolute Gasteiger partial charge is 0.213 e. The van der Waals surface area contributed by atoms with Crippen molar-refractivity contribution in [1.82, 2.24) is 14.5 Å². The second kappa shape index (κ2) is 5.43. The van der Waals surface area contributed by atoms with Gasteiger partial charge in [0.15, 0.2) is 0 Å². The lowest BCUT2D eigenvalue weighted by Crippen LogP contribution is -2.05. The van der Waals surface area contributed by atoms with Crippen molar-refractivity contribution in [2.75, 3.05) is 0 Å². The van der Waals surface area contributed by atoms with E-state index in [4.69, 9.17) is 4.74 Å². The van der Waals surface area contributed by atoms with Crippen molar-refractivity contribution in [3.8, 4) is 5.75 Å². The molecule has 2 rings (SSSR count). The molecule has 0 aliphatic carbocycles. The predicted octanol–water partition coefficient (Wildman–Crippen LogP) is 2.41. The van der Waals surface area contributed by atoms with E-state index in [1.165, 1.54) is 12.3 Å². The zero-order chi connectivity index (χ0) is 12.1. The van der Waals surface area contributed by atoms with Crippen LogP contribution in [0.15, 0.2) is 30.9 Å². The molecule has 0 unspecified atom stereocenters. The number of pyridine rings is 1. The van der Waals surface area contributed by atoms with Gasteiger partial charge in [-0.25, -0.2) is 9.97 Å². The van der Waals surface area contributed by atoms with Gasteiger partial charge in [0.25, 0.3) is 0 Å². The largest absolute Gasteiger partial charge is 0.486 e. The van der Waals surface area contributed by atoms with Crippen LogP contribution in [0.3, 0.4) is 0 Å². The third-order valence-corrected chi connectivity index (χ3v) is 2.35. The monoisotopic (exact) mass is 235 g/mol. The Kier molecular flexibility index (Phi) is 3.69. The summed E-state index contributed by atoms with van der Waals surface area (Å²) in [6, 6.07) is 2.83. The molecule has 2 aromatic rings. The Balaban J connectivity index is 1.97. The van der Waals surface area contributed by atoms with E-state index in [0.717, 1.165) is 18.7 Å². The molecule has 2 heterocycles. The number of hydrogen-bond acceptors (Lipinski definition) is 3. The second-order valence-electron chi connectivity index (χ2n) is 3.68. The van der Waals surface area contributed by atoms with Crippen molar-refractivity contribution >= 4 is 0 Å². The number of aromatic nitrogens is 3. The lowest BCUT2D eigenvalue weighted by molar-refractivity contribution is 0.292. The van der Waals surface area contributed by atoms with E-state index in [2.05, 4.69) is 16.9 Å². The fourth-order valence-corrected chi connectivity index (χ4v) is 1.52. The first-order valence-electron chi connectivity index (χ1n) is 5.53. The zero-order valence-electron chi connectivity index (χ0n) is 9.64. The molecule has 2 aromatic heterocycles. The summed E-state index contributed by atoms with van der Waals surface area (Å²) >= 11 is 0. The minimum absolute atomic E-state index is 0.410. The van der Waals surface area contributed by atoms with E-state index >= 15 is 0 Å². The number of hydrogen-bond donors (Lipinski definition) is 0. The van der Waals surface area contributed by atoms with Gasteiger partial charge < -0.3 is 9.30 Å². The average molecular weight is 235 g/mol. The predicted molar refractivity (Wildman–Crippen MR) is 61.0 cm³/mol. The number of ether oxygens (including phenoxy) is 1. The molecule has 90 valence electrons. The van der Waals surface area contributed by atoms with Crippen LogP contribution in [0.5, 0.6) is 5.75 Å². The molecule has 0 aliphatic heterocycles. The summed E-state index contributed by atoms with van der Waals surface area (Å²) in [4.78, 5) is 7.60. The summed E-state index contributed by atoms with van der Waals surface area (Å²) < 4.78 is 20.1. The van der Waals surface area contributed by atoms with Crippen LogP contribution in [-0.4, -0.2) is 14.5 Å². The van der Waals surface area contributed by atoms with Gasteiger partial charge in [-0.2, -0.15) is 4.39 Å². The highest BCUT2D eigenvalue weighted by Crippen LogP contribution is 2.11. The van der Waals surface area contributed by atoms with Crippen LogP contribution >= 0.6 is 0 Å². The standard InChI is InChI=1S/C12H14FN3O/c1-2-5-16-9-14-6-10(16)8-17-11-3-4-12(13)15-7-11/h3-4,6-7,9H,2,5,8H2,1H3. The van der Waals surface area contributed by atoms with E-state index in [1.54, 1.807) is 18.6 Å². The first-order chi connectivity index (χ1) is 8.29. The van der Waals surface area contributed by atoms with Gasteiger partial charge in [-0.1, -0.05) is 6.92 Å². The molecule has 0 aliphatic rings. The number of imidazole rings is 1. The van der Waals surface area contributed by atoms with Gasteiger partial charge in [-0.05, 0) is 18.6 Å². The third-order valence-electron chi connectivity index (χ3n) is 2.35. The van der Waals surface area contributed by atoms with Crippen LogP contribution in [0, 0.1) is 5.95 Å². The summed E-state index contributed by atoms with van der Waals surface area (Å²) in [6.07, 6.45) is 5.97. The number of aryl methyl sites for hydroxylation is 1. The molecular formula is C12H14FN3O. The molecule has 0 amide bonds. The van der Waals surface area contributed by atoms with E-state index in [-0.39, 0.29) is 0 Å². The molecule has 17 heavy (non-hydrogen) atoms. The van der Waals surface area contributed by atoms with Crippen LogP contribution in [-0.2, 0) is 13.2 Å². The van der Waals surface area contributed by atoms with Crippen LogP contribution in [0.25, 0.3) is 0 Å². The molecule has 0 bridgehead atoms. The van der Waals surface area contributed by atoms with Gasteiger partial charge in [-0.15, -0.1) is 0 Å². The Bertz CT molecular complexity index is 467. The maximum atomic E-state index is 12.6. The first kappa shape index (κ1) is 11.6. The first-order valence-corrected chi connectivity index (χ1v) is 5.53. The van der Waals surface area contributed by atoms with Crippen molar-refractivity contribution in [3.05, 3.63) is 42.5 Å². The molecule has 0 spiro atoms. The number of nitrogens with zero attached hydrogens (tertiary/aromatic N) is 3. The van der Waals surface area contributed by atoms with Crippen molar-refractivity contribution in [1.29, 1.82) is 0 Å². The average Bonchev–Trinajstić information content (AvgIpc) is 2.77. The topological polar surface area (TPSA) is 39.9 Å². The van der Waals surface area contributed by atoms with Crippen LogP contribution in [0.2, 0.25) is 0 Å². The van der Waals surface area contributed by atoms with Crippen molar-refractivity contribution in [3.63, 3.8) is 0 Å². The highest BCUT2D eigenvalue weighted by Gasteiger charge is 2.02. The molecule has 5 heteroatoms. The number of halogens is 1. The lowest BCUT2D eigenvalue weighted by Gasteiger charge is -2.08. The van der Waals surface area contributed by atoms with Crippen LogP contribution in [0.1, 0.15) is 19.0 Å². The number of rotatable bonds is 5. The van der Waals surface area contributed by atoms with Crippen LogP contribution in [0.4, 0.5) is 4.39 Å². The Labute approximate surface area is 99.1 Å². The molecule has 0 N–H and O–H groups in total. The Hall–Kier alpha value is -1.91. The SMILES string of the molecule is CCCn1cncc1COc1ccc(F)nc1. The minimum Gasteiger partial charge on any atom is -0.486 e.